The molecule has 0 aliphatic rings. The molecule has 0 atom stereocenters. The fourth-order valence-electron chi connectivity index (χ4n) is 3.15. The van der Waals surface area contributed by atoms with Crippen molar-refractivity contribution < 1.29 is 52.8 Å². The van der Waals surface area contributed by atoms with Crippen LogP contribution in [0.2, 0.25) is 0 Å². The van der Waals surface area contributed by atoms with Gasteiger partial charge in [-0.2, -0.15) is 29.8 Å². The molecule has 0 radical (unpaired) electrons. The first-order valence-corrected chi connectivity index (χ1v) is 8.94. The standard InChI is InChI=1S/C25H25.K/c1-4-8-24(21-15-11-19(2)12-16-21)25(22-9-6-5-7-10-22)23-17-13-20(3)14-18-23;/h5-7,9-13,15-18H,4,8H2,1-3H3;/q-1;+1/b25-24+;/i5D;. The Bertz CT molecular complexity index is 841. The molecule has 0 aliphatic heterocycles. The maximum Gasteiger partial charge on any atom is 1.00 e. The normalized spacial score (nSPS) is 12.0. The van der Waals surface area contributed by atoms with Crippen LogP contribution in [-0.4, -0.2) is 0 Å². The second-order valence-electron chi connectivity index (χ2n) is 6.52. The second kappa shape index (κ2) is 10.4. The summed E-state index contributed by atoms with van der Waals surface area (Å²) in [5.41, 5.74) is 8.60. The molecule has 126 valence electrons. The van der Waals surface area contributed by atoms with Gasteiger partial charge in [0.05, 0.1) is 1.37 Å². The van der Waals surface area contributed by atoms with E-state index in [1.807, 2.05) is 12.1 Å². The molecule has 0 heterocycles. The first-order chi connectivity index (χ1) is 12.6. The fraction of sp³-hybridized carbons (Fsp3) is 0.200. The van der Waals surface area contributed by atoms with Crippen LogP contribution in [0.15, 0.2) is 72.8 Å². The van der Waals surface area contributed by atoms with E-state index >= 15 is 0 Å². The molecule has 0 unspecified atom stereocenters. The molecule has 0 amide bonds. The van der Waals surface area contributed by atoms with Crippen LogP contribution in [0.3, 0.4) is 0 Å². The molecule has 0 bridgehead atoms. The molecule has 1 heteroatoms. The minimum absolute atomic E-state index is 0. The molecule has 26 heavy (non-hydrogen) atoms. The van der Waals surface area contributed by atoms with Gasteiger partial charge in [-0.05, 0) is 30.0 Å². The molecular formula is C25H25K. The maximum atomic E-state index is 7.82. The van der Waals surface area contributed by atoms with Gasteiger partial charge in [-0.15, -0.1) is 5.56 Å². The summed E-state index contributed by atoms with van der Waals surface area (Å²) in [7, 11) is 0. The van der Waals surface area contributed by atoms with Gasteiger partial charge < -0.3 is 0 Å². The Morgan fingerprint density at radius 2 is 1.54 bits per heavy atom. The van der Waals surface area contributed by atoms with E-state index in [2.05, 4.69) is 81.4 Å². The Morgan fingerprint density at radius 1 is 0.885 bits per heavy atom. The summed E-state index contributed by atoms with van der Waals surface area (Å²) < 4.78 is 7.82. The summed E-state index contributed by atoms with van der Waals surface area (Å²) >= 11 is 0. The van der Waals surface area contributed by atoms with Crippen LogP contribution < -0.4 is 51.4 Å². The zero-order valence-electron chi connectivity index (χ0n) is 17.3. The van der Waals surface area contributed by atoms with Crippen molar-refractivity contribution in [3.8, 4) is 0 Å². The number of aryl methyl sites for hydroxylation is 2. The Kier molecular flexibility index (Phi) is 7.91. The molecule has 0 aromatic heterocycles. The van der Waals surface area contributed by atoms with Gasteiger partial charge in [0.25, 0.3) is 0 Å². The van der Waals surface area contributed by atoms with Crippen LogP contribution in [0.4, 0.5) is 0 Å². The maximum absolute atomic E-state index is 7.82. The number of hydrogen-bond donors (Lipinski definition) is 0. The Labute approximate surface area is 202 Å². The molecule has 0 N–H and O–H groups in total. The van der Waals surface area contributed by atoms with Crippen LogP contribution in [-0.2, 0) is 0 Å². The third kappa shape index (κ3) is 5.28. The average Bonchev–Trinajstić information content (AvgIpc) is 2.65. The van der Waals surface area contributed by atoms with Gasteiger partial charge in [-0.3, -0.25) is 0 Å². The van der Waals surface area contributed by atoms with Crippen LogP contribution in [0, 0.1) is 19.9 Å². The Balaban J connectivity index is 0.00000261. The van der Waals surface area contributed by atoms with Gasteiger partial charge in [0.15, 0.2) is 0 Å². The van der Waals surface area contributed by atoms with Crippen molar-refractivity contribution in [2.45, 2.75) is 33.6 Å². The molecule has 3 aromatic rings. The second-order valence-corrected chi connectivity index (χ2v) is 6.52. The van der Waals surface area contributed by atoms with E-state index in [0.717, 1.165) is 24.0 Å². The van der Waals surface area contributed by atoms with Gasteiger partial charge in [-0.25, -0.2) is 0 Å². The van der Waals surface area contributed by atoms with E-state index in [0.29, 0.717) is 6.04 Å². The monoisotopic (exact) mass is 365 g/mol. The van der Waals surface area contributed by atoms with Crippen molar-refractivity contribution in [1.82, 2.24) is 0 Å². The quantitative estimate of drug-likeness (QED) is 0.366. The predicted molar refractivity (Wildman–Crippen MR) is 108 cm³/mol. The van der Waals surface area contributed by atoms with Crippen molar-refractivity contribution in [1.29, 1.82) is 0 Å². The molecule has 3 rings (SSSR count). The Morgan fingerprint density at radius 3 is 2.12 bits per heavy atom. The third-order valence-electron chi connectivity index (χ3n) is 4.47. The van der Waals surface area contributed by atoms with Crippen LogP contribution >= 0.6 is 0 Å². The number of rotatable bonds is 5. The first-order valence-electron chi connectivity index (χ1n) is 9.44. The summed E-state index contributed by atoms with van der Waals surface area (Å²) in [6.07, 6.45) is 2.09. The summed E-state index contributed by atoms with van der Waals surface area (Å²) in [6.45, 7) is 6.41. The molecule has 0 nitrogen and oxygen atoms in total. The largest absolute Gasteiger partial charge is 1.00 e. The molecule has 3 aromatic carbocycles. The van der Waals surface area contributed by atoms with E-state index in [4.69, 9.17) is 1.37 Å². The van der Waals surface area contributed by atoms with Crippen LogP contribution in [0.25, 0.3) is 11.1 Å². The van der Waals surface area contributed by atoms with Crippen LogP contribution in [0.5, 0.6) is 0 Å². The summed E-state index contributed by atoms with van der Waals surface area (Å²) in [5, 5.41) is 0. The van der Waals surface area contributed by atoms with Crippen molar-refractivity contribution in [2.75, 3.05) is 0 Å². The topological polar surface area (TPSA) is 0 Å². The molecular weight excluding hydrogens is 339 g/mol. The summed E-state index contributed by atoms with van der Waals surface area (Å²) in [6, 6.07) is 26.9. The van der Waals surface area contributed by atoms with Crippen molar-refractivity contribution in [3.63, 3.8) is 0 Å². The van der Waals surface area contributed by atoms with E-state index in [1.54, 1.807) is 0 Å². The Hall–Kier alpha value is -0.964. The van der Waals surface area contributed by atoms with Crippen molar-refractivity contribution >= 4 is 11.1 Å². The van der Waals surface area contributed by atoms with E-state index < -0.39 is 0 Å². The molecule has 0 saturated heterocycles. The predicted octanol–water partition coefficient (Wildman–Crippen LogP) is 3.87. The van der Waals surface area contributed by atoms with Gasteiger partial charge in [0.1, 0.15) is 0 Å². The molecule has 0 aliphatic carbocycles. The first kappa shape index (κ1) is 19.8. The van der Waals surface area contributed by atoms with Gasteiger partial charge in [-0.1, -0.05) is 86.0 Å². The molecule has 0 saturated carbocycles. The smallest absolute Gasteiger partial charge is 0.180 e. The number of benzene rings is 3. The van der Waals surface area contributed by atoms with E-state index in [1.165, 1.54) is 27.8 Å². The molecule has 0 fully saturated rings. The average molecular weight is 366 g/mol. The summed E-state index contributed by atoms with van der Waals surface area (Å²) in [4.78, 5) is 0. The number of allylic oxidation sites excluding steroid dienone is 1. The van der Waals surface area contributed by atoms with E-state index in [9.17, 15) is 0 Å². The molecule has 0 spiro atoms. The van der Waals surface area contributed by atoms with Crippen LogP contribution in [0.1, 0.15) is 49.0 Å². The number of hydrogen-bond acceptors (Lipinski definition) is 0. The SMILES string of the molecule is [2H]c1ccc(/C(=C(/CCC)c2ccc(C)cc2)c2c[c-]c(C)cc2)cc1.[K+]. The van der Waals surface area contributed by atoms with Gasteiger partial charge >= 0.3 is 51.4 Å². The van der Waals surface area contributed by atoms with E-state index in [-0.39, 0.29) is 51.4 Å². The van der Waals surface area contributed by atoms with Gasteiger partial charge in [0, 0.05) is 0 Å². The van der Waals surface area contributed by atoms with Crippen molar-refractivity contribution in [3.05, 3.63) is 107 Å². The summed E-state index contributed by atoms with van der Waals surface area (Å²) in [5.74, 6) is 0. The van der Waals surface area contributed by atoms with Crippen molar-refractivity contribution in [2.24, 2.45) is 0 Å². The minimum atomic E-state index is 0. The zero-order valence-corrected chi connectivity index (χ0v) is 19.4. The third-order valence-corrected chi connectivity index (χ3v) is 4.47. The van der Waals surface area contributed by atoms with Gasteiger partial charge in [0.2, 0.25) is 0 Å². The minimum Gasteiger partial charge on any atom is -0.180 e. The zero-order chi connectivity index (χ0) is 18.5. The fourth-order valence-corrected chi connectivity index (χ4v) is 3.15.